The van der Waals surface area contributed by atoms with E-state index in [0.29, 0.717) is 22.7 Å². The largest absolute Gasteiger partial charge is 0.308 e. The number of anilines is 2. The highest BCUT2D eigenvalue weighted by Crippen LogP contribution is 2.33. The number of nitriles is 1. The zero-order valence-corrected chi connectivity index (χ0v) is 15.5. The molecule has 0 aromatic heterocycles. The molecule has 0 aliphatic heterocycles. The number of rotatable bonds is 3. The van der Waals surface area contributed by atoms with Gasteiger partial charge in [-0.1, -0.05) is 23.8 Å². The maximum absolute atomic E-state index is 13.5. The van der Waals surface area contributed by atoms with Gasteiger partial charge in [-0.2, -0.15) is 6.57 Å². The molecule has 6 heteroatoms. The lowest BCUT2D eigenvalue weighted by Gasteiger charge is -2.28. The SMILES string of the molecule is [C-]#[N+]/N=C1C=C/C(=C(/C#N)[N+]#[C-])C=C\1N(c1ccc(C)cc1)c1ccc(F)cc1. The Kier molecular flexibility index (Phi) is 5.64. The first-order valence-corrected chi connectivity index (χ1v) is 8.56. The van der Waals surface area contributed by atoms with Gasteiger partial charge in [-0.05, 0) is 61.0 Å². The van der Waals surface area contributed by atoms with Gasteiger partial charge in [0.1, 0.15) is 5.82 Å². The van der Waals surface area contributed by atoms with Crippen LogP contribution in [0.15, 0.2) is 88.8 Å². The fraction of sp³-hybridized carbons (Fsp3) is 0.0435. The molecular weight excluding hydrogens is 365 g/mol. The van der Waals surface area contributed by atoms with Gasteiger partial charge >= 0.3 is 0 Å². The second-order valence-electron chi connectivity index (χ2n) is 6.12. The van der Waals surface area contributed by atoms with Crippen LogP contribution in [0.4, 0.5) is 15.8 Å². The molecule has 0 bridgehead atoms. The molecule has 3 rings (SSSR count). The predicted octanol–water partition coefficient (Wildman–Crippen LogP) is 5.70. The molecule has 0 N–H and O–H groups in total. The Balaban J connectivity index is 2.28. The van der Waals surface area contributed by atoms with E-state index in [1.54, 1.807) is 30.4 Å². The van der Waals surface area contributed by atoms with Crippen LogP contribution in [0.5, 0.6) is 0 Å². The van der Waals surface area contributed by atoms with Crippen LogP contribution in [0.3, 0.4) is 0 Å². The van der Waals surface area contributed by atoms with Crippen LogP contribution in [0.2, 0.25) is 0 Å². The van der Waals surface area contributed by atoms with Crippen molar-refractivity contribution in [3.8, 4) is 6.07 Å². The summed E-state index contributed by atoms with van der Waals surface area (Å²) in [7, 11) is 0. The van der Waals surface area contributed by atoms with Crippen LogP contribution in [-0.4, -0.2) is 5.71 Å². The van der Waals surface area contributed by atoms with Crippen molar-refractivity contribution in [1.29, 1.82) is 5.26 Å². The highest BCUT2D eigenvalue weighted by atomic mass is 19.1. The van der Waals surface area contributed by atoms with E-state index in [1.165, 1.54) is 12.1 Å². The van der Waals surface area contributed by atoms with E-state index in [0.717, 1.165) is 11.3 Å². The molecule has 0 atom stereocenters. The number of allylic oxidation sites excluding steroid dienone is 5. The van der Waals surface area contributed by atoms with Crippen molar-refractivity contribution in [1.82, 2.24) is 0 Å². The Hall–Kier alpha value is -4.47. The first kappa shape index (κ1) is 19.3. The minimum Gasteiger partial charge on any atom is -0.308 e. The van der Waals surface area contributed by atoms with Crippen molar-refractivity contribution in [3.63, 3.8) is 0 Å². The van der Waals surface area contributed by atoms with Crippen molar-refractivity contribution in [2.75, 3.05) is 4.90 Å². The number of hydrogen-bond donors (Lipinski definition) is 0. The normalized spacial score (nSPS) is 15.7. The van der Waals surface area contributed by atoms with Gasteiger partial charge in [0.2, 0.25) is 0 Å². The van der Waals surface area contributed by atoms with Crippen LogP contribution >= 0.6 is 0 Å². The Bertz CT molecular complexity index is 1120. The molecule has 2 aromatic carbocycles. The predicted molar refractivity (Wildman–Crippen MR) is 110 cm³/mol. The molecule has 0 heterocycles. The van der Waals surface area contributed by atoms with Gasteiger partial charge in [0, 0.05) is 11.4 Å². The maximum Gasteiger partial charge on any atom is 0.269 e. The minimum atomic E-state index is -0.370. The molecule has 1 aliphatic rings. The second kappa shape index (κ2) is 8.48. The fourth-order valence-electron chi connectivity index (χ4n) is 2.85. The molecule has 0 spiro atoms. The zero-order chi connectivity index (χ0) is 20.8. The van der Waals surface area contributed by atoms with E-state index in [4.69, 9.17) is 13.1 Å². The lowest BCUT2D eigenvalue weighted by molar-refractivity contribution is 0.628. The maximum atomic E-state index is 13.5. The summed E-state index contributed by atoms with van der Waals surface area (Å²) in [6.45, 7) is 16.3. The van der Waals surface area contributed by atoms with Gasteiger partial charge in [0.15, 0.2) is 5.71 Å². The van der Waals surface area contributed by atoms with Gasteiger partial charge in [0.05, 0.1) is 23.4 Å². The summed E-state index contributed by atoms with van der Waals surface area (Å²) < 4.78 is 13.5. The standard InChI is InChI=1S/C23H14FN5/c1-16-4-9-19(10-5-16)29(20-11-7-18(24)8-12-20)23-14-17(22(15-25)26-2)6-13-21(23)28-27-3/h4-14H,1H3/b22-17+,28-21+. The quantitative estimate of drug-likeness (QED) is 0.390. The molecule has 0 amide bonds. The fourth-order valence-corrected chi connectivity index (χ4v) is 2.85. The lowest BCUT2D eigenvalue weighted by atomic mass is 10.0. The first-order chi connectivity index (χ1) is 14.1. The van der Waals surface area contributed by atoms with Crippen molar-refractivity contribution in [2.24, 2.45) is 5.10 Å². The summed E-state index contributed by atoms with van der Waals surface area (Å²) in [5.74, 6) is -0.370. The van der Waals surface area contributed by atoms with Gasteiger partial charge in [-0.3, -0.25) is 0 Å². The first-order valence-electron chi connectivity index (χ1n) is 8.56. The summed E-state index contributed by atoms with van der Waals surface area (Å²) >= 11 is 0. The van der Waals surface area contributed by atoms with Gasteiger partial charge in [-0.25, -0.2) is 14.5 Å². The van der Waals surface area contributed by atoms with E-state index in [2.05, 4.69) is 14.9 Å². The van der Waals surface area contributed by atoms with Crippen molar-refractivity contribution < 1.29 is 4.39 Å². The lowest BCUT2D eigenvalue weighted by Crippen LogP contribution is -2.23. The number of benzene rings is 2. The Morgan fingerprint density at radius 1 is 1.03 bits per heavy atom. The van der Waals surface area contributed by atoms with Crippen LogP contribution in [0.1, 0.15) is 5.56 Å². The third-order valence-corrected chi connectivity index (χ3v) is 4.24. The van der Waals surface area contributed by atoms with E-state index in [1.807, 2.05) is 42.2 Å². The highest BCUT2D eigenvalue weighted by Gasteiger charge is 2.23. The van der Waals surface area contributed by atoms with Gasteiger partial charge in [0.25, 0.3) is 5.70 Å². The van der Waals surface area contributed by atoms with E-state index >= 15 is 0 Å². The molecule has 0 saturated carbocycles. The third-order valence-electron chi connectivity index (χ3n) is 4.24. The molecule has 0 fully saturated rings. The molecule has 138 valence electrons. The monoisotopic (exact) mass is 379 g/mol. The summed E-state index contributed by atoms with van der Waals surface area (Å²) in [5, 5.41) is 13.1. The third kappa shape index (κ3) is 4.11. The molecule has 0 saturated heterocycles. The average Bonchev–Trinajstić information content (AvgIpc) is 2.73. The van der Waals surface area contributed by atoms with Crippen LogP contribution in [0.25, 0.3) is 9.80 Å². The van der Waals surface area contributed by atoms with Crippen molar-refractivity contribution >= 4 is 17.1 Å². The molecule has 2 aromatic rings. The summed E-state index contributed by atoms with van der Waals surface area (Å²) in [6, 6.07) is 15.5. The molecule has 0 radical (unpaired) electrons. The molecular formula is C23H14FN5. The summed E-state index contributed by atoms with van der Waals surface area (Å²) in [5.41, 5.74) is 3.71. The molecule has 0 unspecified atom stereocenters. The van der Waals surface area contributed by atoms with Crippen LogP contribution < -0.4 is 4.90 Å². The van der Waals surface area contributed by atoms with E-state index < -0.39 is 0 Å². The van der Waals surface area contributed by atoms with Crippen molar-refractivity contribution in [3.05, 3.63) is 118 Å². The Morgan fingerprint density at radius 2 is 1.66 bits per heavy atom. The molecule has 5 nitrogen and oxygen atoms in total. The number of hydrogen-bond acceptors (Lipinski definition) is 3. The number of nitrogens with zero attached hydrogens (tertiary/aromatic N) is 5. The minimum absolute atomic E-state index is 0.0661. The molecule has 29 heavy (non-hydrogen) atoms. The van der Waals surface area contributed by atoms with Crippen molar-refractivity contribution in [2.45, 2.75) is 6.92 Å². The highest BCUT2D eigenvalue weighted by molar-refractivity contribution is 6.14. The smallest absolute Gasteiger partial charge is 0.269 e. The number of halogens is 1. The van der Waals surface area contributed by atoms with E-state index in [9.17, 15) is 9.65 Å². The molecule has 1 aliphatic carbocycles. The van der Waals surface area contributed by atoms with Crippen LogP contribution in [0, 0.1) is 37.2 Å². The average molecular weight is 379 g/mol. The van der Waals surface area contributed by atoms with E-state index in [-0.39, 0.29) is 11.5 Å². The van der Waals surface area contributed by atoms with Gasteiger partial charge < -0.3 is 4.90 Å². The van der Waals surface area contributed by atoms with Gasteiger partial charge in [-0.15, -0.1) is 4.95 Å². The number of aryl methyl sites for hydroxylation is 1. The topological polar surface area (TPSA) is 48.1 Å². The Labute approximate surface area is 168 Å². The Morgan fingerprint density at radius 3 is 2.21 bits per heavy atom. The summed E-state index contributed by atoms with van der Waals surface area (Å²) in [4.78, 5) is 8.21. The zero-order valence-electron chi connectivity index (χ0n) is 15.5. The second-order valence-corrected chi connectivity index (χ2v) is 6.12. The van der Waals surface area contributed by atoms with Crippen LogP contribution in [-0.2, 0) is 0 Å². The summed E-state index contributed by atoms with van der Waals surface area (Å²) in [6.07, 6.45) is 4.82.